The van der Waals surface area contributed by atoms with Crippen LogP contribution in [0.2, 0.25) is 0 Å². The normalized spacial score (nSPS) is 14.6. The molecule has 0 heterocycles. The van der Waals surface area contributed by atoms with E-state index in [-0.39, 0.29) is 6.04 Å². The van der Waals surface area contributed by atoms with Crippen LogP contribution in [0.5, 0.6) is 5.75 Å². The van der Waals surface area contributed by atoms with E-state index in [1.165, 1.54) is 5.56 Å². The molecular formula is C14H24N2O2. The average molecular weight is 252 g/mol. The van der Waals surface area contributed by atoms with Gasteiger partial charge < -0.3 is 15.2 Å². The molecule has 0 aliphatic heterocycles. The molecule has 1 aromatic carbocycles. The van der Waals surface area contributed by atoms with Crippen molar-refractivity contribution in [1.29, 1.82) is 0 Å². The summed E-state index contributed by atoms with van der Waals surface area (Å²) in [5.74, 6) is 0.860. The van der Waals surface area contributed by atoms with Gasteiger partial charge in [-0.2, -0.15) is 0 Å². The van der Waals surface area contributed by atoms with Crippen LogP contribution in [0.15, 0.2) is 24.3 Å². The predicted molar refractivity (Wildman–Crippen MR) is 73.9 cm³/mol. The lowest BCUT2D eigenvalue weighted by Gasteiger charge is -2.32. The van der Waals surface area contributed by atoms with Crippen LogP contribution in [0.1, 0.15) is 18.5 Å². The van der Waals surface area contributed by atoms with Crippen LogP contribution in [0, 0.1) is 0 Å². The standard InChI is InChI=1S/C14H24N2O2/c1-11(10-17-3)16(2)14(9-15)12-6-5-7-13(8-12)18-4/h5-8,11,14H,9-10,15H2,1-4H3. The molecule has 4 heteroatoms. The number of nitrogens with two attached hydrogens (primary N) is 1. The van der Waals surface area contributed by atoms with Crippen LogP contribution >= 0.6 is 0 Å². The SMILES string of the molecule is COCC(C)N(C)C(CN)c1cccc(OC)c1. The summed E-state index contributed by atoms with van der Waals surface area (Å²) in [5, 5.41) is 0. The smallest absolute Gasteiger partial charge is 0.119 e. The van der Waals surface area contributed by atoms with Gasteiger partial charge in [0.05, 0.1) is 13.7 Å². The summed E-state index contributed by atoms with van der Waals surface area (Å²) in [6, 6.07) is 8.53. The highest BCUT2D eigenvalue weighted by atomic mass is 16.5. The molecule has 18 heavy (non-hydrogen) atoms. The second kappa shape index (κ2) is 7.36. The number of benzene rings is 1. The first-order valence-corrected chi connectivity index (χ1v) is 6.19. The zero-order valence-electron chi connectivity index (χ0n) is 11.7. The molecule has 0 aliphatic rings. The summed E-state index contributed by atoms with van der Waals surface area (Å²) < 4.78 is 10.4. The van der Waals surface area contributed by atoms with Crippen LogP contribution in [-0.4, -0.2) is 45.4 Å². The molecule has 102 valence electrons. The fourth-order valence-electron chi connectivity index (χ4n) is 2.05. The maximum atomic E-state index is 5.91. The fraction of sp³-hybridized carbons (Fsp3) is 0.571. The van der Waals surface area contributed by atoms with Crippen molar-refractivity contribution in [1.82, 2.24) is 4.90 Å². The van der Waals surface area contributed by atoms with E-state index >= 15 is 0 Å². The molecule has 0 radical (unpaired) electrons. The van der Waals surface area contributed by atoms with Gasteiger partial charge in [-0.05, 0) is 31.7 Å². The maximum Gasteiger partial charge on any atom is 0.119 e. The molecule has 2 N–H and O–H groups in total. The summed E-state index contributed by atoms with van der Waals surface area (Å²) in [6.45, 7) is 3.39. The van der Waals surface area contributed by atoms with Crippen molar-refractivity contribution in [2.75, 3.05) is 34.4 Å². The first-order valence-electron chi connectivity index (χ1n) is 6.19. The van der Waals surface area contributed by atoms with Crippen LogP contribution in [0.4, 0.5) is 0 Å². The molecule has 2 unspecified atom stereocenters. The van der Waals surface area contributed by atoms with Crippen molar-refractivity contribution in [2.45, 2.75) is 19.0 Å². The van der Waals surface area contributed by atoms with Crippen molar-refractivity contribution in [3.05, 3.63) is 29.8 Å². The van der Waals surface area contributed by atoms with E-state index in [1.807, 2.05) is 18.2 Å². The van der Waals surface area contributed by atoms with Crippen molar-refractivity contribution in [2.24, 2.45) is 5.73 Å². The number of hydrogen-bond donors (Lipinski definition) is 1. The summed E-state index contributed by atoms with van der Waals surface area (Å²) in [4.78, 5) is 2.23. The average Bonchev–Trinajstić information content (AvgIpc) is 2.40. The zero-order chi connectivity index (χ0) is 13.5. The fourth-order valence-corrected chi connectivity index (χ4v) is 2.05. The lowest BCUT2D eigenvalue weighted by molar-refractivity contribution is 0.0910. The van der Waals surface area contributed by atoms with E-state index < -0.39 is 0 Å². The topological polar surface area (TPSA) is 47.7 Å². The Labute approximate surface area is 110 Å². The minimum atomic E-state index is 0.172. The molecule has 0 fully saturated rings. The molecule has 0 amide bonds. The van der Waals surface area contributed by atoms with Gasteiger partial charge in [-0.15, -0.1) is 0 Å². The minimum absolute atomic E-state index is 0.172. The van der Waals surface area contributed by atoms with E-state index in [2.05, 4.69) is 24.9 Å². The van der Waals surface area contributed by atoms with Crippen molar-refractivity contribution >= 4 is 0 Å². The predicted octanol–water partition coefficient (Wildman–Crippen LogP) is 1.66. The zero-order valence-corrected chi connectivity index (χ0v) is 11.7. The van der Waals surface area contributed by atoms with Crippen LogP contribution in [0.25, 0.3) is 0 Å². The highest BCUT2D eigenvalue weighted by Crippen LogP contribution is 2.24. The number of likely N-dealkylation sites (N-methyl/N-ethyl adjacent to an activating group) is 1. The van der Waals surface area contributed by atoms with Gasteiger partial charge in [0.1, 0.15) is 5.75 Å². The molecule has 0 bridgehead atoms. The van der Waals surface area contributed by atoms with Crippen molar-refractivity contribution < 1.29 is 9.47 Å². The Kier molecular flexibility index (Phi) is 6.12. The highest BCUT2D eigenvalue weighted by Gasteiger charge is 2.20. The first kappa shape index (κ1) is 15.0. The minimum Gasteiger partial charge on any atom is -0.497 e. The Morgan fingerprint density at radius 2 is 2.06 bits per heavy atom. The number of ether oxygens (including phenoxy) is 2. The van der Waals surface area contributed by atoms with Gasteiger partial charge >= 0.3 is 0 Å². The molecule has 0 saturated carbocycles. The molecular weight excluding hydrogens is 228 g/mol. The summed E-state index contributed by atoms with van der Waals surface area (Å²) in [6.07, 6.45) is 0. The highest BCUT2D eigenvalue weighted by molar-refractivity contribution is 5.30. The quantitative estimate of drug-likeness (QED) is 0.802. The van der Waals surface area contributed by atoms with Crippen LogP contribution < -0.4 is 10.5 Å². The Bertz CT molecular complexity index is 357. The van der Waals surface area contributed by atoms with E-state index in [1.54, 1.807) is 14.2 Å². The van der Waals surface area contributed by atoms with E-state index in [4.69, 9.17) is 15.2 Å². The van der Waals surface area contributed by atoms with Gasteiger partial charge in [0.15, 0.2) is 0 Å². The van der Waals surface area contributed by atoms with Crippen LogP contribution in [0.3, 0.4) is 0 Å². The van der Waals surface area contributed by atoms with E-state index in [0.29, 0.717) is 19.2 Å². The molecule has 2 atom stereocenters. The summed E-state index contributed by atoms with van der Waals surface area (Å²) in [5.41, 5.74) is 7.08. The Morgan fingerprint density at radius 1 is 1.33 bits per heavy atom. The lowest BCUT2D eigenvalue weighted by atomic mass is 10.0. The molecule has 0 saturated heterocycles. The maximum absolute atomic E-state index is 5.91. The summed E-state index contributed by atoms with van der Waals surface area (Å²) in [7, 11) is 5.46. The van der Waals surface area contributed by atoms with Gasteiger partial charge in [0.25, 0.3) is 0 Å². The largest absolute Gasteiger partial charge is 0.497 e. The lowest BCUT2D eigenvalue weighted by Crippen LogP contribution is -2.39. The van der Waals surface area contributed by atoms with Crippen molar-refractivity contribution in [3.63, 3.8) is 0 Å². The Hall–Kier alpha value is -1.10. The molecule has 1 rings (SSSR count). The van der Waals surface area contributed by atoms with Gasteiger partial charge in [0.2, 0.25) is 0 Å². The van der Waals surface area contributed by atoms with Crippen molar-refractivity contribution in [3.8, 4) is 5.75 Å². The Morgan fingerprint density at radius 3 is 2.61 bits per heavy atom. The molecule has 0 aromatic heterocycles. The second-order valence-corrected chi connectivity index (χ2v) is 4.50. The van der Waals surface area contributed by atoms with E-state index in [9.17, 15) is 0 Å². The number of methoxy groups -OCH3 is 2. The summed E-state index contributed by atoms with van der Waals surface area (Å²) >= 11 is 0. The Balaban J connectivity index is 2.87. The van der Waals surface area contributed by atoms with Gasteiger partial charge in [-0.3, -0.25) is 4.90 Å². The van der Waals surface area contributed by atoms with E-state index in [0.717, 1.165) is 5.75 Å². The first-order chi connectivity index (χ1) is 8.63. The monoisotopic (exact) mass is 252 g/mol. The third kappa shape index (κ3) is 3.70. The number of rotatable bonds is 7. The van der Waals surface area contributed by atoms with Crippen LogP contribution in [-0.2, 0) is 4.74 Å². The van der Waals surface area contributed by atoms with Gasteiger partial charge in [-0.25, -0.2) is 0 Å². The molecule has 0 spiro atoms. The van der Waals surface area contributed by atoms with Gasteiger partial charge in [0, 0.05) is 25.7 Å². The molecule has 4 nitrogen and oxygen atoms in total. The van der Waals surface area contributed by atoms with Gasteiger partial charge in [-0.1, -0.05) is 12.1 Å². The number of nitrogens with zero attached hydrogens (tertiary/aromatic N) is 1. The third-order valence-corrected chi connectivity index (χ3v) is 3.30. The third-order valence-electron chi connectivity index (χ3n) is 3.30. The molecule has 0 aliphatic carbocycles. The second-order valence-electron chi connectivity index (χ2n) is 4.50. The molecule has 1 aromatic rings. The number of hydrogen-bond acceptors (Lipinski definition) is 4.